The summed E-state index contributed by atoms with van der Waals surface area (Å²) in [6, 6.07) is 7.58. The van der Waals surface area contributed by atoms with Crippen molar-refractivity contribution in [3.63, 3.8) is 0 Å². The molecule has 112 valence electrons. The smallest absolute Gasteiger partial charge is 0.305 e. The van der Waals surface area contributed by atoms with E-state index in [0.29, 0.717) is 12.2 Å². The van der Waals surface area contributed by atoms with Crippen LogP contribution in [0.3, 0.4) is 0 Å². The molecule has 0 spiro atoms. The molecule has 1 aromatic carbocycles. The first kappa shape index (κ1) is 15.0. The number of tetrazole rings is 1. The highest BCUT2D eigenvalue weighted by Gasteiger charge is 2.19. The normalized spacial score (nSPS) is 12.1. The van der Waals surface area contributed by atoms with Crippen LogP contribution in [0.2, 0.25) is 0 Å². The quantitative estimate of drug-likeness (QED) is 0.873. The average molecular weight is 289 g/mol. The number of aliphatic carboxylic acids is 1. The monoisotopic (exact) mass is 289 g/mol. The summed E-state index contributed by atoms with van der Waals surface area (Å²) >= 11 is 0. The molecule has 1 N–H and O–H groups in total. The molecular weight excluding hydrogens is 270 g/mol. The van der Waals surface area contributed by atoms with Gasteiger partial charge in [0.2, 0.25) is 0 Å². The molecule has 7 nitrogen and oxygen atoms in total. The van der Waals surface area contributed by atoms with Crippen LogP contribution >= 0.6 is 0 Å². The van der Waals surface area contributed by atoms with Gasteiger partial charge in [-0.3, -0.25) is 4.79 Å². The van der Waals surface area contributed by atoms with Gasteiger partial charge in [0.25, 0.3) is 0 Å². The van der Waals surface area contributed by atoms with Crippen molar-refractivity contribution in [1.82, 2.24) is 20.2 Å². The summed E-state index contributed by atoms with van der Waals surface area (Å²) in [7, 11) is 3.94. The van der Waals surface area contributed by atoms with Gasteiger partial charge in [0.1, 0.15) is 0 Å². The molecule has 0 bridgehead atoms. The predicted octanol–water partition coefficient (Wildman–Crippen LogP) is 1.83. The Bertz CT molecular complexity index is 606. The molecule has 0 amide bonds. The third kappa shape index (κ3) is 3.36. The van der Waals surface area contributed by atoms with Crippen LogP contribution in [0.25, 0.3) is 11.4 Å². The summed E-state index contributed by atoms with van der Waals surface area (Å²) in [5, 5.41) is 20.7. The van der Waals surface area contributed by atoms with E-state index in [1.54, 1.807) is 4.68 Å². The van der Waals surface area contributed by atoms with E-state index < -0.39 is 5.97 Å². The molecule has 1 unspecified atom stereocenters. The Hall–Kier alpha value is -2.44. The zero-order valence-electron chi connectivity index (χ0n) is 12.4. The molecule has 0 radical (unpaired) electrons. The van der Waals surface area contributed by atoms with Gasteiger partial charge in [-0.1, -0.05) is 6.92 Å². The first-order chi connectivity index (χ1) is 10.0. The number of rotatable bonds is 6. The highest BCUT2D eigenvalue weighted by Crippen LogP contribution is 2.24. The van der Waals surface area contributed by atoms with Gasteiger partial charge in [0.15, 0.2) is 5.82 Å². The second-order valence-electron chi connectivity index (χ2n) is 5.05. The van der Waals surface area contributed by atoms with E-state index in [9.17, 15) is 4.79 Å². The Morgan fingerprint density at radius 2 is 2.00 bits per heavy atom. The maximum absolute atomic E-state index is 10.9. The van der Waals surface area contributed by atoms with Crippen molar-refractivity contribution in [2.45, 2.75) is 25.8 Å². The van der Waals surface area contributed by atoms with Gasteiger partial charge < -0.3 is 10.0 Å². The summed E-state index contributed by atoms with van der Waals surface area (Å²) in [4.78, 5) is 12.9. The lowest BCUT2D eigenvalue weighted by molar-refractivity contribution is -0.138. The van der Waals surface area contributed by atoms with Crippen LogP contribution in [-0.4, -0.2) is 45.4 Å². The molecule has 0 fully saturated rings. The maximum atomic E-state index is 10.9. The largest absolute Gasteiger partial charge is 0.481 e. The number of carboxylic acids is 1. The highest BCUT2D eigenvalue weighted by molar-refractivity contribution is 5.67. The molecule has 0 aliphatic rings. The van der Waals surface area contributed by atoms with Gasteiger partial charge in [0, 0.05) is 25.3 Å². The molecule has 1 atom stereocenters. The van der Waals surface area contributed by atoms with E-state index >= 15 is 0 Å². The van der Waals surface area contributed by atoms with E-state index in [1.165, 1.54) is 0 Å². The van der Waals surface area contributed by atoms with Crippen LogP contribution < -0.4 is 4.90 Å². The SMILES string of the molecule is CCC(CC(=O)O)n1nnnc1-c1ccc(N(C)C)cc1. The van der Waals surface area contributed by atoms with Gasteiger partial charge in [-0.2, -0.15) is 0 Å². The summed E-state index contributed by atoms with van der Waals surface area (Å²) in [5.74, 6) is -0.264. The Morgan fingerprint density at radius 3 is 2.52 bits per heavy atom. The number of benzene rings is 1. The molecule has 0 aliphatic carbocycles. The molecule has 1 heterocycles. The van der Waals surface area contributed by atoms with E-state index in [1.807, 2.05) is 50.2 Å². The van der Waals surface area contributed by atoms with Crippen molar-refractivity contribution < 1.29 is 9.90 Å². The highest BCUT2D eigenvalue weighted by atomic mass is 16.4. The Balaban J connectivity index is 2.32. The van der Waals surface area contributed by atoms with Crippen molar-refractivity contribution >= 4 is 11.7 Å². The fourth-order valence-corrected chi connectivity index (χ4v) is 2.14. The van der Waals surface area contributed by atoms with Crippen molar-refractivity contribution in [3.05, 3.63) is 24.3 Å². The van der Waals surface area contributed by atoms with Crippen LogP contribution in [0.4, 0.5) is 5.69 Å². The molecule has 1 aromatic heterocycles. The van der Waals surface area contributed by atoms with Crippen LogP contribution in [0.1, 0.15) is 25.8 Å². The first-order valence-corrected chi connectivity index (χ1v) is 6.80. The fraction of sp³-hybridized carbons (Fsp3) is 0.429. The molecule has 2 rings (SSSR count). The summed E-state index contributed by atoms with van der Waals surface area (Å²) in [6.07, 6.45) is 0.657. The zero-order chi connectivity index (χ0) is 15.4. The predicted molar refractivity (Wildman–Crippen MR) is 79.2 cm³/mol. The van der Waals surface area contributed by atoms with Crippen LogP contribution in [0.5, 0.6) is 0 Å². The average Bonchev–Trinajstić information content (AvgIpc) is 2.93. The number of hydrogen-bond acceptors (Lipinski definition) is 5. The fourth-order valence-electron chi connectivity index (χ4n) is 2.14. The summed E-state index contributed by atoms with van der Waals surface area (Å²) < 4.78 is 1.60. The van der Waals surface area contributed by atoms with E-state index in [2.05, 4.69) is 15.5 Å². The lowest BCUT2D eigenvalue weighted by Gasteiger charge is -2.15. The molecule has 7 heteroatoms. The molecular formula is C14H19N5O2. The molecule has 0 saturated heterocycles. The van der Waals surface area contributed by atoms with Gasteiger partial charge in [0.05, 0.1) is 12.5 Å². The standard InChI is InChI=1S/C14H19N5O2/c1-4-11(9-13(20)21)19-14(15-16-17-19)10-5-7-12(8-6-10)18(2)3/h5-8,11H,4,9H2,1-3H3,(H,20,21). The summed E-state index contributed by atoms with van der Waals surface area (Å²) in [6.45, 7) is 1.92. The number of carbonyl (C=O) groups is 1. The topological polar surface area (TPSA) is 84.1 Å². The number of aromatic nitrogens is 4. The van der Waals surface area contributed by atoms with Gasteiger partial charge >= 0.3 is 5.97 Å². The third-order valence-electron chi connectivity index (χ3n) is 3.36. The van der Waals surface area contributed by atoms with Crippen LogP contribution in [-0.2, 0) is 4.79 Å². The molecule has 2 aromatic rings. The summed E-state index contributed by atoms with van der Waals surface area (Å²) in [5.41, 5.74) is 1.95. The van der Waals surface area contributed by atoms with Crippen molar-refractivity contribution in [2.24, 2.45) is 0 Å². The lowest BCUT2D eigenvalue weighted by Crippen LogP contribution is -2.15. The Morgan fingerprint density at radius 1 is 1.33 bits per heavy atom. The molecule has 0 saturated carbocycles. The van der Waals surface area contributed by atoms with Crippen molar-refractivity contribution in [1.29, 1.82) is 0 Å². The van der Waals surface area contributed by atoms with Crippen LogP contribution in [0, 0.1) is 0 Å². The minimum absolute atomic E-state index is 0.00429. The number of nitrogens with zero attached hydrogens (tertiary/aromatic N) is 5. The van der Waals surface area contributed by atoms with Crippen molar-refractivity contribution in [3.8, 4) is 11.4 Å². The van der Waals surface area contributed by atoms with E-state index in [-0.39, 0.29) is 12.5 Å². The van der Waals surface area contributed by atoms with Gasteiger partial charge in [-0.05, 0) is 41.1 Å². The van der Waals surface area contributed by atoms with E-state index in [4.69, 9.17) is 5.11 Å². The number of carboxylic acid groups (broad SMARTS) is 1. The lowest BCUT2D eigenvalue weighted by atomic mass is 10.1. The second-order valence-corrected chi connectivity index (χ2v) is 5.05. The molecule has 21 heavy (non-hydrogen) atoms. The number of hydrogen-bond donors (Lipinski definition) is 1. The van der Waals surface area contributed by atoms with E-state index in [0.717, 1.165) is 11.3 Å². The molecule has 0 aliphatic heterocycles. The third-order valence-corrected chi connectivity index (χ3v) is 3.36. The maximum Gasteiger partial charge on any atom is 0.305 e. The second kappa shape index (κ2) is 6.34. The Labute approximate surface area is 123 Å². The van der Waals surface area contributed by atoms with Crippen molar-refractivity contribution in [2.75, 3.05) is 19.0 Å². The van der Waals surface area contributed by atoms with Gasteiger partial charge in [-0.15, -0.1) is 5.10 Å². The Kier molecular flexibility index (Phi) is 4.52. The van der Waals surface area contributed by atoms with Gasteiger partial charge in [-0.25, -0.2) is 4.68 Å². The zero-order valence-corrected chi connectivity index (χ0v) is 12.4. The minimum Gasteiger partial charge on any atom is -0.481 e. The van der Waals surface area contributed by atoms with Crippen LogP contribution in [0.15, 0.2) is 24.3 Å². The first-order valence-electron chi connectivity index (χ1n) is 6.80. The minimum atomic E-state index is -0.855. The number of anilines is 1.